The van der Waals surface area contributed by atoms with Crippen molar-refractivity contribution in [1.82, 2.24) is 0 Å². The first-order chi connectivity index (χ1) is 10.2. The number of rotatable bonds is 7. The van der Waals surface area contributed by atoms with E-state index in [-0.39, 0.29) is 5.56 Å². The van der Waals surface area contributed by atoms with Crippen molar-refractivity contribution in [3.05, 3.63) is 29.8 Å². The van der Waals surface area contributed by atoms with E-state index < -0.39 is 5.97 Å². The van der Waals surface area contributed by atoms with Crippen molar-refractivity contribution in [2.75, 3.05) is 13.2 Å². The van der Waals surface area contributed by atoms with Gasteiger partial charge in [0.2, 0.25) is 0 Å². The first-order valence-electron chi connectivity index (χ1n) is 7.76. The Kier molecular flexibility index (Phi) is 6.05. The fourth-order valence-corrected chi connectivity index (χ4v) is 2.86. The molecule has 116 valence electrons. The van der Waals surface area contributed by atoms with Crippen molar-refractivity contribution in [2.45, 2.75) is 45.1 Å². The van der Waals surface area contributed by atoms with Gasteiger partial charge < -0.3 is 14.6 Å². The van der Waals surface area contributed by atoms with E-state index in [4.69, 9.17) is 14.6 Å². The average Bonchev–Trinajstić information content (AvgIpc) is 2.52. The molecule has 1 saturated carbocycles. The molecule has 0 amide bonds. The van der Waals surface area contributed by atoms with E-state index in [1.165, 1.54) is 25.3 Å². The van der Waals surface area contributed by atoms with E-state index >= 15 is 0 Å². The number of carboxylic acids is 1. The number of hydrogen-bond donors (Lipinski definition) is 1. The van der Waals surface area contributed by atoms with Gasteiger partial charge in [-0.05, 0) is 37.0 Å². The lowest BCUT2D eigenvalue weighted by Crippen LogP contribution is -2.24. The number of carbonyl (C=O) groups is 1. The van der Waals surface area contributed by atoms with Gasteiger partial charge in [0.05, 0.1) is 18.3 Å². The molecule has 2 unspecified atom stereocenters. The number of ether oxygens (including phenoxy) is 2. The van der Waals surface area contributed by atoms with Gasteiger partial charge in [-0.2, -0.15) is 0 Å². The van der Waals surface area contributed by atoms with E-state index in [1.54, 1.807) is 18.2 Å². The molecule has 1 fully saturated rings. The molecule has 4 heteroatoms. The summed E-state index contributed by atoms with van der Waals surface area (Å²) in [5, 5.41) is 8.92. The van der Waals surface area contributed by atoms with Crippen molar-refractivity contribution < 1.29 is 19.4 Å². The van der Waals surface area contributed by atoms with Crippen LogP contribution in [0.25, 0.3) is 0 Å². The Morgan fingerprint density at radius 2 is 2.19 bits per heavy atom. The molecule has 0 spiro atoms. The Balaban J connectivity index is 1.70. The normalized spacial score (nSPS) is 22.0. The molecule has 0 radical (unpaired) electrons. The lowest BCUT2D eigenvalue weighted by molar-refractivity contribution is -0.000665. The van der Waals surface area contributed by atoms with Crippen LogP contribution in [0.3, 0.4) is 0 Å². The highest BCUT2D eigenvalue weighted by atomic mass is 16.5. The summed E-state index contributed by atoms with van der Waals surface area (Å²) in [5.41, 5.74) is 0.242. The second-order valence-corrected chi connectivity index (χ2v) is 5.62. The van der Waals surface area contributed by atoms with E-state index in [2.05, 4.69) is 6.92 Å². The summed E-state index contributed by atoms with van der Waals surface area (Å²) in [6, 6.07) is 6.54. The highest BCUT2D eigenvalue weighted by Crippen LogP contribution is 2.28. The lowest BCUT2D eigenvalue weighted by atomic mass is 9.85. The fraction of sp³-hybridized carbons (Fsp3) is 0.588. The summed E-state index contributed by atoms with van der Waals surface area (Å²) >= 11 is 0. The lowest BCUT2D eigenvalue weighted by Gasteiger charge is -2.28. The van der Waals surface area contributed by atoms with Gasteiger partial charge in [0.25, 0.3) is 0 Å². The number of hydrogen-bond acceptors (Lipinski definition) is 3. The summed E-state index contributed by atoms with van der Waals surface area (Å²) in [6.45, 7) is 3.25. The summed E-state index contributed by atoms with van der Waals surface area (Å²) in [6.07, 6.45) is 6.48. The minimum Gasteiger partial charge on any atom is -0.491 e. The van der Waals surface area contributed by atoms with E-state index in [0.717, 1.165) is 18.8 Å². The SMILES string of the molecule is CCC1CCCC(OCCOc2cccc(C(=O)O)c2)C1. The molecule has 1 aliphatic carbocycles. The van der Waals surface area contributed by atoms with Crippen LogP contribution < -0.4 is 4.74 Å². The zero-order valence-corrected chi connectivity index (χ0v) is 12.6. The number of benzene rings is 1. The molecule has 0 heterocycles. The fourth-order valence-electron chi connectivity index (χ4n) is 2.86. The van der Waals surface area contributed by atoms with Gasteiger partial charge in [-0.3, -0.25) is 0 Å². The van der Waals surface area contributed by atoms with Crippen LogP contribution in [0.4, 0.5) is 0 Å². The van der Waals surface area contributed by atoms with Crippen LogP contribution in [0.15, 0.2) is 24.3 Å². The smallest absolute Gasteiger partial charge is 0.335 e. The van der Waals surface area contributed by atoms with Gasteiger partial charge >= 0.3 is 5.97 Å². The van der Waals surface area contributed by atoms with E-state index in [0.29, 0.717) is 25.1 Å². The van der Waals surface area contributed by atoms with Crippen LogP contribution in [0.5, 0.6) is 5.75 Å². The van der Waals surface area contributed by atoms with Gasteiger partial charge in [-0.25, -0.2) is 4.79 Å². The topological polar surface area (TPSA) is 55.8 Å². The maximum Gasteiger partial charge on any atom is 0.335 e. The van der Waals surface area contributed by atoms with Crippen molar-refractivity contribution in [3.8, 4) is 5.75 Å². The summed E-state index contributed by atoms with van der Waals surface area (Å²) < 4.78 is 11.4. The predicted molar refractivity (Wildman–Crippen MR) is 80.9 cm³/mol. The molecule has 1 aromatic carbocycles. The highest BCUT2D eigenvalue weighted by Gasteiger charge is 2.20. The quantitative estimate of drug-likeness (QED) is 0.778. The Morgan fingerprint density at radius 3 is 2.95 bits per heavy atom. The molecule has 0 aromatic heterocycles. The van der Waals surface area contributed by atoms with Crippen molar-refractivity contribution in [3.63, 3.8) is 0 Å². The molecule has 0 bridgehead atoms. The third kappa shape index (κ3) is 5.05. The van der Waals surface area contributed by atoms with Crippen LogP contribution in [0.1, 0.15) is 49.4 Å². The third-order valence-electron chi connectivity index (χ3n) is 4.10. The first-order valence-corrected chi connectivity index (χ1v) is 7.76. The predicted octanol–water partition coefficient (Wildman–Crippen LogP) is 3.75. The molecular weight excluding hydrogens is 268 g/mol. The van der Waals surface area contributed by atoms with E-state index in [9.17, 15) is 4.79 Å². The standard InChI is InChI=1S/C17H24O4/c1-2-13-5-3-7-15(11-13)20-9-10-21-16-8-4-6-14(12-16)17(18)19/h4,6,8,12-13,15H,2-3,5,7,9-11H2,1H3,(H,18,19). The van der Waals surface area contributed by atoms with Crippen molar-refractivity contribution >= 4 is 5.97 Å². The van der Waals surface area contributed by atoms with Crippen LogP contribution in [0.2, 0.25) is 0 Å². The molecule has 0 aliphatic heterocycles. The van der Waals surface area contributed by atoms with Gasteiger partial charge in [0, 0.05) is 0 Å². The highest BCUT2D eigenvalue weighted by molar-refractivity contribution is 5.87. The summed E-state index contributed by atoms with van der Waals surface area (Å²) in [5.74, 6) is 0.440. The second kappa shape index (κ2) is 8.03. The molecular formula is C17H24O4. The molecule has 1 aliphatic rings. The maximum absolute atomic E-state index is 10.9. The largest absolute Gasteiger partial charge is 0.491 e. The van der Waals surface area contributed by atoms with Crippen molar-refractivity contribution in [1.29, 1.82) is 0 Å². The Morgan fingerprint density at radius 1 is 1.33 bits per heavy atom. The minimum atomic E-state index is -0.940. The minimum absolute atomic E-state index is 0.242. The van der Waals surface area contributed by atoms with Crippen molar-refractivity contribution in [2.24, 2.45) is 5.92 Å². The van der Waals surface area contributed by atoms with Gasteiger partial charge in [-0.1, -0.05) is 32.3 Å². The molecule has 2 rings (SSSR count). The monoisotopic (exact) mass is 292 g/mol. The van der Waals surface area contributed by atoms with E-state index in [1.807, 2.05) is 0 Å². The Hall–Kier alpha value is -1.55. The molecule has 21 heavy (non-hydrogen) atoms. The van der Waals surface area contributed by atoms with Crippen LogP contribution >= 0.6 is 0 Å². The zero-order chi connectivity index (χ0) is 15.1. The first kappa shape index (κ1) is 15.8. The van der Waals surface area contributed by atoms with Crippen LogP contribution in [-0.4, -0.2) is 30.4 Å². The van der Waals surface area contributed by atoms with Gasteiger partial charge in [-0.15, -0.1) is 0 Å². The zero-order valence-electron chi connectivity index (χ0n) is 12.6. The van der Waals surface area contributed by atoms with Gasteiger partial charge in [0.1, 0.15) is 12.4 Å². The average molecular weight is 292 g/mol. The van der Waals surface area contributed by atoms with Crippen LogP contribution in [0, 0.1) is 5.92 Å². The van der Waals surface area contributed by atoms with Crippen LogP contribution in [-0.2, 0) is 4.74 Å². The molecule has 1 N–H and O–H groups in total. The summed E-state index contributed by atoms with van der Waals surface area (Å²) in [7, 11) is 0. The number of carboxylic acid groups (broad SMARTS) is 1. The Labute approximate surface area is 126 Å². The third-order valence-corrected chi connectivity index (χ3v) is 4.10. The Bertz CT molecular complexity index is 458. The molecule has 2 atom stereocenters. The number of aromatic carboxylic acids is 1. The molecule has 0 saturated heterocycles. The second-order valence-electron chi connectivity index (χ2n) is 5.62. The summed E-state index contributed by atoms with van der Waals surface area (Å²) in [4.78, 5) is 10.9. The molecule has 4 nitrogen and oxygen atoms in total. The molecule has 1 aromatic rings. The van der Waals surface area contributed by atoms with Gasteiger partial charge in [0.15, 0.2) is 0 Å². The maximum atomic E-state index is 10.9.